The van der Waals surface area contributed by atoms with Gasteiger partial charge in [0, 0.05) is 11.6 Å². The van der Waals surface area contributed by atoms with Gasteiger partial charge < -0.3 is 4.74 Å². The van der Waals surface area contributed by atoms with E-state index in [1.807, 2.05) is 13.8 Å². The summed E-state index contributed by atoms with van der Waals surface area (Å²) in [7, 11) is 1.28. The number of hydrogen-bond donors (Lipinski definition) is 0. The smallest absolute Gasteiger partial charge is 0.173 e. The topological polar surface area (TPSA) is 9.23 Å². The second-order valence-electron chi connectivity index (χ2n) is 2.31. The van der Waals surface area contributed by atoms with Crippen LogP contribution in [0.25, 0.3) is 0 Å². The van der Waals surface area contributed by atoms with Crippen LogP contribution < -0.4 is 4.74 Å². The fraction of sp³-hybridized carbons (Fsp3) is 0.400. The predicted octanol–water partition coefficient (Wildman–Crippen LogP) is 3.96. The zero-order valence-electron chi connectivity index (χ0n) is 8.62. The normalized spacial score (nSPS) is 9.07. The van der Waals surface area contributed by atoms with Gasteiger partial charge in [0.05, 0.1) is 12.1 Å². The van der Waals surface area contributed by atoms with Crippen LogP contribution in [0.2, 0.25) is 5.02 Å². The number of halogens is 3. The number of hydrogen-bond acceptors (Lipinski definition) is 1. The van der Waals surface area contributed by atoms with Gasteiger partial charge in [-0.2, -0.15) is 0 Å². The molecule has 0 radical (unpaired) electrons. The highest BCUT2D eigenvalue weighted by molar-refractivity contribution is 6.32. The summed E-state index contributed by atoms with van der Waals surface area (Å²) in [5, 5.41) is -0.0185. The van der Waals surface area contributed by atoms with Crippen molar-refractivity contribution in [2.24, 2.45) is 0 Å². The first-order valence-electron chi connectivity index (χ1n) is 4.26. The van der Waals surface area contributed by atoms with Gasteiger partial charge in [0.1, 0.15) is 5.82 Å². The molecule has 0 aromatic heterocycles. The Kier molecular flexibility index (Phi) is 5.46. The van der Waals surface area contributed by atoms with Gasteiger partial charge in [0.2, 0.25) is 0 Å². The molecule has 0 fully saturated rings. The van der Waals surface area contributed by atoms with E-state index in [9.17, 15) is 8.78 Å². The molecule has 0 unspecified atom stereocenters. The molecule has 0 aliphatic heterocycles. The molecule has 14 heavy (non-hydrogen) atoms. The average Bonchev–Trinajstić information content (AvgIpc) is 2.18. The Morgan fingerprint density at radius 3 is 2.14 bits per heavy atom. The molecule has 0 aliphatic rings. The molecule has 0 spiro atoms. The quantitative estimate of drug-likeness (QED) is 0.699. The lowest BCUT2D eigenvalue weighted by atomic mass is 10.2. The van der Waals surface area contributed by atoms with Gasteiger partial charge in [-0.15, -0.1) is 0 Å². The Morgan fingerprint density at radius 1 is 1.21 bits per heavy atom. The van der Waals surface area contributed by atoms with Crippen LogP contribution in [-0.4, -0.2) is 7.11 Å². The third kappa shape index (κ3) is 2.58. The second-order valence-corrected chi connectivity index (χ2v) is 2.69. The fourth-order valence-electron chi connectivity index (χ4n) is 0.852. The molecule has 0 bridgehead atoms. The molecule has 0 heterocycles. The highest BCUT2D eigenvalue weighted by Gasteiger charge is 2.14. The number of ether oxygens (including phenoxy) is 1. The van der Waals surface area contributed by atoms with Gasteiger partial charge in [-0.1, -0.05) is 25.4 Å². The summed E-state index contributed by atoms with van der Waals surface area (Å²) >= 11 is 5.60. The van der Waals surface area contributed by atoms with Gasteiger partial charge in [0.15, 0.2) is 11.6 Å². The van der Waals surface area contributed by atoms with E-state index < -0.39 is 11.6 Å². The highest BCUT2D eigenvalue weighted by atomic mass is 35.5. The van der Waals surface area contributed by atoms with E-state index in [0.29, 0.717) is 0 Å². The maximum absolute atomic E-state index is 12.8. The first-order chi connectivity index (χ1) is 6.57. The average molecular weight is 223 g/mol. The highest BCUT2D eigenvalue weighted by Crippen LogP contribution is 2.32. The van der Waals surface area contributed by atoms with E-state index in [2.05, 4.69) is 4.74 Å². The van der Waals surface area contributed by atoms with Gasteiger partial charge >= 0.3 is 0 Å². The summed E-state index contributed by atoms with van der Waals surface area (Å²) in [5.74, 6) is -1.57. The molecule has 1 aromatic rings. The van der Waals surface area contributed by atoms with Crippen molar-refractivity contribution in [1.29, 1.82) is 0 Å². The standard InChI is InChI=1S/C8H7ClF2O.C2H6/c1-4-5(10)3-6(11)8(12-2)7(4)9;1-2/h3H,1-2H3;1-2H3. The van der Waals surface area contributed by atoms with Crippen LogP contribution in [0.5, 0.6) is 5.75 Å². The summed E-state index contributed by atoms with van der Waals surface area (Å²) in [5.41, 5.74) is 0.190. The van der Waals surface area contributed by atoms with Crippen molar-refractivity contribution in [2.45, 2.75) is 20.8 Å². The van der Waals surface area contributed by atoms with E-state index in [1.54, 1.807) is 0 Å². The molecule has 4 heteroatoms. The Labute approximate surface area is 87.6 Å². The number of methoxy groups -OCH3 is 1. The van der Waals surface area contributed by atoms with E-state index in [4.69, 9.17) is 11.6 Å². The van der Waals surface area contributed by atoms with Crippen LogP contribution in [0.1, 0.15) is 19.4 Å². The SMILES string of the molecule is CC.COc1c(F)cc(F)c(C)c1Cl. The van der Waals surface area contributed by atoms with Crippen molar-refractivity contribution < 1.29 is 13.5 Å². The van der Waals surface area contributed by atoms with Crippen LogP contribution in [0.15, 0.2) is 6.07 Å². The molecule has 1 rings (SSSR count). The maximum atomic E-state index is 12.8. The Morgan fingerprint density at radius 2 is 1.71 bits per heavy atom. The molecule has 0 aliphatic carbocycles. The predicted molar refractivity (Wildman–Crippen MR) is 54.0 cm³/mol. The summed E-state index contributed by atoms with van der Waals surface area (Å²) in [6, 6.07) is 0.750. The lowest BCUT2D eigenvalue weighted by Crippen LogP contribution is -1.94. The molecule has 0 saturated heterocycles. The van der Waals surface area contributed by atoms with Crippen LogP contribution in [0.3, 0.4) is 0 Å². The van der Waals surface area contributed by atoms with Crippen LogP contribution >= 0.6 is 11.6 Å². The zero-order chi connectivity index (χ0) is 11.3. The van der Waals surface area contributed by atoms with Gasteiger partial charge in [-0.05, 0) is 6.92 Å². The Balaban J connectivity index is 0.000000791. The first-order valence-corrected chi connectivity index (χ1v) is 4.63. The summed E-state index contributed by atoms with van der Waals surface area (Å²) in [6.07, 6.45) is 0. The van der Waals surface area contributed by atoms with Gasteiger partial charge in [-0.25, -0.2) is 8.78 Å². The second kappa shape index (κ2) is 5.81. The van der Waals surface area contributed by atoms with Crippen LogP contribution in [0, 0.1) is 18.6 Å². The van der Waals surface area contributed by atoms with Crippen molar-refractivity contribution in [2.75, 3.05) is 7.11 Å². The van der Waals surface area contributed by atoms with Crippen molar-refractivity contribution in [3.8, 4) is 5.75 Å². The Hall–Kier alpha value is -0.830. The molecule has 1 nitrogen and oxygen atoms in total. The van der Waals surface area contributed by atoms with E-state index in [1.165, 1.54) is 14.0 Å². The maximum Gasteiger partial charge on any atom is 0.173 e. The van der Waals surface area contributed by atoms with Crippen LogP contribution in [-0.2, 0) is 0 Å². The monoisotopic (exact) mass is 222 g/mol. The molecule has 1 aromatic carbocycles. The van der Waals surface area contributed by atoms with Gasteiger partial charge in [0.25, 0.3) is 0 Å². The van der Waals surface area contributed by atoms with Crippen molar-refractivity contribution in [3.05, 3.63) is 28.3 Å². The van der Waals surface area contributed by atoms with Crippen LogP contribution in [0.4, 0.5) is 8.78 Å². The van der Waals surface area contributed by atoms with Gasteiger partial charge in [-0.3, -0.25) is 0 Å². The third-order valence-electron chi connectivity index (χ3n) is 1.56. The molecule has 0 N–H and O–H groups in total. The minimum Gasteiger partial charge on any atom is -0.492 e. The minimum atomic E-state index is -0.786. The number of rotatable bonds is 1. The molecule has 0 saturated carbocycles. The third-order valence-corrected chi connectivity index (χ3v) is 2.02. The van der Waals surface area contributed by atoms with Crippen molar-refractivity contribution in [1.82, 2.24) is 0 Å². The lowest BCUT2D eigenvalue weighted by molar-refractivity contribution is 0.383. The summed E-state index contributed by atoms with van der Waals surface area (Å²) in [4.78, 5) is 0. The first kappa shape index (κ1) is 13.2. The molecule has 0 amide bonds. The lowest BCUT2D eigenvalue weighted by Gasteiger charge is -2.07. The zero-order valence-corrected chi connectivity index (χ0v) is 9.38. The molecular weight excluding hydrogens is 210 g/mol. The van der Waals surface area contributed by atoms with Crippen molar-refractivity contribution >= 4 is 11.6 Å². The molecular formula is C10H13ClF2O. The van der Waals surface area contributed by atoms with E-state index in [0.717, 1.165) is 6.07 Å². The minimum absolute atomic E-state index is 0.0185. The summed E-state index contributed by atoms with van der Waals surface area (Å²) in [6.45, 7) is 5.46. The van der Waals surface area contributed by atoms with E-state index in [-0.39, 0.29) is 16.3 Å². The summed E-state index contributed by atoms with van der Waals surface area (Å²) < 4.78 is 30.3. The fourth-order valence-corrected chi connectivity index (χ4v) is 1.11. The van der Waals surface area contributed by atoms with Crippen molar-refractivity contribution in [3.63, 3.8) is 0 Å². The number of benzene rings is 1. The molecule has 80 valence electrons. The Bertz CT molecular complexity index is 313. The van der Waals surface area contributed by atoms with E-state index >= 15 is 0 Å². The molecule has 0 atom stereocenters. The largest absolute Gasteiger partial charge is 0.492 e.